The second-order valence-electron chi connectivity index (χ2n) is 6.18. The molecule has 0 saturated carbocycles. The Labute approximate surface area is 156 Å². The van der Waals surface area contributed by atoms with Crippen LogP contribution in [0.5, 0.6) is 0 Å². The van der Waals surface area contributed by atoms with Crippen molar-refractivity contribution < 1.29 is 9.21 Å². The molecular formula is C20H19N3O2S. The topological polar surface area (TPSA) is 59.2 Å². The van der Waals surface area contributed by atoms with Crippen molar-refractivity contribution in [3.8, 4) is 11.5 Å². The molecule has 5 nitrogen and oxygen atoms in total. The number of hydrogen-bond acceptors (Lipinski definition) is 5. The van der Waals surface area contributed by atoms with Crippen LogP contribution in [0.1, 0.15) is 23.7 Å². The first-order chi connectivity index (χ1) is 12.8. The summed E-state index contributed by atoms with van der Waals surface area (Å²) in [6.07, 6.45) is 2.13. The Bertz CT molecular complexity index is 861. The predicted octanol–water partition coefficient (Wildman–Crippen LogP) is 4.19. The summed E-state index contributed by atoms with van der Waals surface area (Å²) >= 11 is 1.32. The number of carbonyl (C=O) groups excluding carboxylic acids is 1. The number of benzene rings is 2. The fourth-order valence-electron chi connectivity index (χ4n) is 3.05. The zero-order chi connectivity index (χ0) is 17.8. The van der Waals surface area contributed by atoms with E-state index in [9.17, 15) is 4.79 Å². The van der Waals surface area contributed by atoms with Crippen molar-refractivity contribution in [1.29, 1.82) is 0 Å². The molecule has 1 saturated heterocycles. The van der Waals surface area contributed by atoms with Gasteiger partial charge >= 0.3 is 0 Å². The van der Waals surface area contributed by atoms with Gasteiger partial charge in [-0.25, -0.2) is 0 Å². The van der Waals surface area contributed by atoms with E-state index in [2.05, 4.69) is 10.2 Å². The summed E-state index contributed by atoms with van der Waals surface area (Å²) in [5.74, 6) is 0.576. The Balaban J connectivity index is 1.59. The Morgan fingerprint density at radius 3 is 2.31 bits per heavy atom. The first kappa shape index (κ1) is 16.8. The van der Waals surface area contributed by atoms with Crippen molar-refractivity contribution in [2.45, 2.75) is 23.3 Å². The Morgan fingerprint density at radius 2 is 1.62 bits per heavy atom. The number of aromatic nitrogens is 2. The Morgan fingerprint density at radius 1 is 0.962 bits per heavy atom. The highest BCUT2D eigenvalue weighted by Gasteiger charge is 2.30. The molecule has 0 aliphatic carbocycles. The van der Waals surface area contributed by atoms with E-state index < -0.39 is 0 Å². The highest BCUT2D eigenvalue weighted by atomic mass is 32.2. The highest BCUT2D eigenvalue weighted by Crippen LogP contribution is 2.37. The zero-order valence-corrected chi connectivity index (χ0v) is 15.1. The van der Waals surface area contributed by atoms with Crippen LogP contribution in [0.15, 0.2) is 70.3 Å². The molecule has 2 aromatic carbocycles. The molecule has 1 fully saturated rings. The SMILES string of the molecule is O=C(C(Sc1nnc(-c2ccccc2)o1)c1ccccc1)N1CCCC1. The number of thioether (sulfide) groups is 1. The van der Waals surface area contributed by atoms with Crippen LogP contribution in [-0.2, 0) is 4.79 Å². The van der Waals surface area contributed by atoms with Gasteiger partial charge in [-0.05, 0) is 42.3 Å². The first-order valence-electron chi connectivity index (χ1n) is 8.70. The second kappa shape index (κ2) is 7.74. The average molecular weight is 365 g/mol. The molecule has 0 radical (unpaired) electrons. The van der Waals surface area contributed by atoms with E-state index in [1.807, 2.05) is 65.6 Å². The van der Waals surface area contributed by atoms with Crippen LogP contribution in [0.3, 0.4) is 0 Å². The molecule has 1 aromatic heterocycles. The summed E-state index contributed by atoms with van der Waals surface area (Å²) in [5.41, 5.74) is 1.82. The van der Waals surface area contributed by atoms with Crippen LogP contribution in [0, 0.1) is 0 Å². The van der Waals surface area contributed by atoms with Crippen LogP contribution in [-0.4, -0.2) is 34.1 Å². The number of hydrogen-bond donors (Lipinski definition) is 0. The summed E-state index contributed by atoms with van der Waals surface area (Å²) in [4.78, 5) is 15.0. The normalized spacial score (nSPS) is 15.2. The molecule has 6 heteroatoms. The van der Waals surface area contributed by atoms with Crippen LogP contribution < -0.4 is 0 Å². The van der Waals surface area contributed by atoms with Crippen molar-refractivity contribution in [3.63, 3.8) is 0 Å². The quantitative estimate of drug-likeness (QED) is 0.635. The lowest BCUT2D eigenvalue weighted by molar-refractivity contribution is -0.129. The van der Waals surface area contributed by atoms with Crippen molar-refractivity contribution in [2.75, 3.05) is 13.1 Å². The van der Waals surface area contributed by atoms with E-state index in [0.717, 1.165) is 37.1 Å². The van der Waals surface area contributed by atoms with E-state index in [1.54, 1.807) is 0 Å². The lowest BCUT2D eigenvalue weighted by atomic mass is 10.1. The molecule has 0 spiro atoms. The highest BCUT2D eigenvalue weighted by molar-refractivity contribution is 8.00. The van der Waals surface area contributed by atoms with E-state index in [0.29, 0.717) is 11.1 Å². The van der Waals surface area contributed by atoms with Gasteiger partial charge in [0, 0.05) is 18.7 Å². The standard InChI is InChI=1S/C20H19N3O2S/c24-19(23-13-7-8-14-23)17(15-9-3-1-4-10-15)26-20-22-21-18(25-20)16-11-5-2-6-12-16/h1-6,9-12,17H,7-8,13-14H2. The minimum Gasteiger partial charge on any atom is -0.411 e. The number of rotatable bonds is 5. The van der Waals surface area contributed by atoms with Crippen molar-refractivity contribution in [1.82, 2.24) is 15.1 Å². The van der Waals surface area contributed by atoms with E-state index >= 15 is 0 Å². The molecule has 132 valence electrons. The molecule has 0 bridgehead atoms. The summed E-state index contributed by atoms with van der Waals surface area (Å²) < 4.78 is 5.80. The van der Waals surface area contributed by atoms with Gasteiger partial charge in [-0.3, -0.25) is 4.79 Å². The maximum atomic E-state index is 13.0. The lowest BCUT2D eigenvalue weighted by Gasteiger charge is -2.22. The van der Waals surface area contributed by atoms with Crippen molar-refractivity contribution in [2.24, 2.45) is 0 Å². The van der Waals surface area contributed by atoms with Gasteiger partial charge in [0.15, 0.2) is 0 Å². The summed E-state index contributed by atoms with van der Waals surface area (Å²) in [6, 6.07) is 19.4. The first-order valence-corrected chi connectivity index (χ1v) is 9.58. The van der Waals surface area contributed by atoms with Crippen molar-refractivity contribution in [3.05, 3.63) is 66.2 Å². The van der Waals surface area contributed by atoms with Crippen LogP contribution >= 0.6 is 11.8 Å². The fraction of sp³-hybridized carbons (Fsp3) is 0.250. The minimum absolute atomic E-state index is 0.109. The molecule has 4 rings (SSSR count). The van der Waals surface area contributed by atoms with Crippen LogP contribution in [0.4, 0.5) is 0 Å². The zero-order valence-electron chi connectivity index (χ0n) is 14.2. The maximum Gasteiger partial charge on any atom is 0.277 e. The van der Waals surface area contributed by atoms with Gasteiger partial charge in [-0.15, -0.1) is 10.2 Å². The minimum atomic E-state index is -0.377. The predicted molar refractivity (Wildman–Crippen MR) is 101 cm³/mol. The van der Waals surface area contributed by atoms with Crippen molar-refractivity contribution >= 4 is 17.7 Å². The van der Waals surface area contributed by atoms with Gasteiger partial charge in [0.05, 0.1) is 0 Å². The van der Waals surface area contributed by atoms with Crippen LogP contribution in [0.25, 0.3) is 11.5 Å². The lowest BCUT2D eigenvalue weighted by Crippen LogP contribution is -2.31. The Hall–Kier alpha value is -2.60. The van der Waals surface area contributed by atoms with Crippen LogP contribution in [0.2, 0.25) is 0 Å². The molecule has 0 N–H and O–H groups in total. The molecule has 1 aliphatic heterocycles. The van der Waals surface area contributed by atoms with Gasteiger partial charge in [0.1, 0.15) is 5.25 Å². The third-order valence-corrected chi connectivity index (χ3v) is 5.47. The molecule has 1 aliphatic rings. The van der Waals surface area contributed by atoms with Gasteiger partial charge in [0.25, 0.3) is 5.22 Å². The number of carbonyl (C=O) groups is 1. The van der Waals surface area contributed by atoms with Gasteiger partial charge in [-0.2, -0.15) is 0 Å². The summed E-state index contributed by atoms with van der Waals surface area (Å²) in [5, 5.41) is 8.30. The van der Waals surface area contributed by atoms with Gasteiger partial charge < -0.3 is 9.32 Å². The molecular weight excluding hydrogens is 346 g/mol. The van der Waals surface area contributed by atoms with Gasteiger partial charge in [-0.1, -0.05) is 48.5 Å². The number of amides is 1. The maximum absolute atomic E-state index is 13.0. The molecule has 26 heavy (non-hydrogen) atoms. The average Bonchev–Trinajstić information content (AvgIpc) is 3.39. The summed E-state index contributed by atoms with van der Waals surface area (Å²) in [6.45, 7) is 1.64. The third-order valence-electron chi connectivity index (χ3n) is 4.39. The second-order valence-corrected chi connectivity index (χ2v) is 7.24. The van der Waals surface area contributed by atoms with E-state index in [1.165, 1.54) is 11.8 Å². The number of likely N-dealkylation sites (tertiary alicyclic amines) is 1. The molecule has 1 amide bonds. The summed E-state index contributed by atoms with van der Waals surface area (Å²) in [7, 11) is 0. The number of nitrogens with zero attached hydrogens (tertiary/aromatic N) is 3. The molecule has 1 atom stereocenters. The molecule has 2 heterocycles. The molecule has 3 aromatic rings. The third kappa shape index (κ3) is 3.65. The fourth-order valence-corrected chi connectivity index (χ4v) is 4.01. The molecule has 1 unspecified atom stereocenters. The Kier molecular flexibility index (Phi) is 5.02. The van der Waals surface area contributed by atoms with Gasteiger partial charge in [0.2, 0.25) is 11.8 Å². The van der Waals surface area contributed by atoms with E-state index in [4.69, 9.17) is 4.42 Å². The van der Waals surface area contributed by atoms with E-state index in [-0.39, 0.29) is 11.2 Å². The monoisotopic (exact) mass is 365 g/mol. The smallest absolute Gasteiger partial charge is 0.277 e. The largest absolute Gasteiger partial charge is 0.411 e.